The molecule has 3 aromatic rings. The Morgan fingerprint density at radius 3 is 2.60 bits per heavy atom. The van der Waals surface area contributed by atoms with Crippen LogP contribution in [0.5, 0.6) is 0 Å². The van der Waals surface area contributed by atoms with Crippen LogP contribution >= 0.6 is 11.8 Å². The first-order chi connectivity index (χ1) is 16.7. The summed E-state index contributed by atoms with van der Waals surface area (Å²) in [5.41, 5.74) is 2.69. The van der Waals surface area contributed by atoms with Crippen LogP contribution in [0.1, 0.15) is 34.8 Å². The number of rotatable bonds is 9. The maximum atomic E-state index is 11.7. The van der Waals surface area contributed by atoms with E-state index in [1.165, 1.54) is 35.0 Å². The summed E-state index contributed by atoms with van der Waals surface area (Å²) in [5, 5.41) is 31.3. The van der Waals surface area contributed by atoms with E-state index in [9.17, 15) is 25.0 Å². The predicted molar refractivity (Wildman–Crippen MR) is 131 cm³/mol. The van der Waals surface area contributed by atoms with Gasteiger partial charge in [-0.1, -0.05) is 23.9 Å². The van der Waals surface area contributed by atoms with Gasteiger partial charge >= 0.3 is 0 Å². The van der Waals surface area contributed by atoms with Gasteiger partial charge in [0.25, 0.3) is 11.4 Å². The van der Waals surface area contributed by atoms with Gasteiger partial charge in [-0.15, -0.1) is 10.2 Å². The molecule has 2 aromatic carbocycles. The molecule has 2 heterocycles. The Morgan fingerprint density at radius 2 is 1.89 bits per heavy atom. The number of ketones is 1. The van der Waals surface area contributed by atoms with Crippen LogP contribution in [0.15, 0.2) is 41.6 Å². The number of nitro groups is 2. The molecule has 1 aromatic heterocycles. The number of carbonyl (C=O) groups is 1. The van der Waals surface area contributed by atoms with E-state index in [0.717, 1.165) is 49.9 Å². The number of non-ortho nitro benzene ring substituents is 1. The number of Topliss-reactive ketones (excluding diaryl/α,β-unsaturated/α-hetero) is 1. The zero-order valence-electron chi connectivity index (χ0n) is 19.3. The molecule has 0 fully saturated rings. The molecule has 0 atom stereocenters. The van der Waals surface area contributed by atoms with Crippen LogP contribution in [-0.4, -0.2) is 54.1 Å². The second kappa shape index (κ2) is 10.3. The summed E-state index contributed by atoms with van der Waals surface area (Å²) in [6, 6.07) is 9.44. The lowest BCUT2D eigenvalue weighted by molar-refractivity contribution is -0.393. The van der Waals surface area contributed by atoms with Crippen molar-refractivity contribution in [2.75, 3.05) is 18.8 Å². The molecule has 0 amide bonds. The Hall–Kier alpha value is -3.64. The smallest absolute Gasteiger partial charge is 0.287 e. The molecule has 0 saturated heterocycles. The zero-order valence-corrected chi connectivity index (χ0v) is 20.2. The Bertz CT molecular complexity index is 1310. The van der Waals surface area contributed by atoms with Crippen LogP contribution in [0.25, 0.3) is 11.4 Å². The molecule has 0 radical (unpaired) electrons. The van der Waals surface area contributed by atoms with E-state index in [1.807, 2.05) is 12.1 Å². The minimum atomic E-state index is -0.669. The number of aromatic nitrogens is 3. The summed E-state index contributed by atoms with van der Waals surface area (Å²) >= 11 is 1.51. The Morgan fingerprint density at radius 1 is 1.09 bits per heavy atom. The van der Waals surface area contributed by atoms with E-state index in [0.29, 0.717) is 5.16 Å². The maximum Gasteiger partial charge on any atom is 0.287 e. The largest absolute Gasteiger partial charge is 0.305 e. The van der Waals surface area contributed by atoms with Crippen molar-refractivity contribution in [1.82, 2.24) is 19.7 Å². The molecule has 0 N–H and O–H groups in total. The van der Waals surface area contributed by atoms with Crippen molar-refractivity contribution >= 4 is 28.9 Å². The van der Waals surface area contributed by atoms with E-state index in [2.05, 4.69) is 21.2 Å². The van der Waals surface area contributed by atoms with Crippen LogP contribution in [-0.2, 0) is 20.0 Å². The fraction of sp³-hybridized carbons (Fsp3) is 0.348. The van der Waals surface area contributed by atoms with Gasteiger partial charge in [0, 0.05) is 37.5 Å². The molecule has 11 nitrogen and oxygen atoms in total. The van der Waals surface area contributed by atoms with E-state index in [1.54, 1.807) is 18.5 Å². The molecule has 0 unspecified atom stereocenters. The number of thioether (sulfide) groups is 1. The second-order valence-electron chi connectivity index (χ2n) is 8.35. The number of carbonyl (C=O) groups excluding carboxylic acids is 1. The number of hydrogen-bond acceptors (Lipinski definition) is 9. The molecule has 4 rings (SSSR count). The van der Waals surface area contributed by atoms with Gasteiger partial charge in [-0.05, 0) is 49.6 Å². The van der Waals surface area contributed by atoms with Crippen molar-refractivity contribution in [1.29, 1.82) is 0 Å². The highest BCUT2D eigenvalue weighted by molar-refractivity contribution is 7.99. The first-order valence-electron chi connectivity index (χ1n) is 11.0. The Labute approximate surface area is 205 Å². The molecule has 12 heteroatoms. The lowest BCUT2D eigenvalue weighted by Gasteiger charge is -2.29. The zero-order chi connectivity index (χ0) is 25.1. The summed E-state index contributed by atoms with van der Waals surface area (Å²) in [6.07, 6.45) is 1.87. The van der Waals surface area contributed by atoms with Gasteiger partial charge in [0.2, 0.25) is 0 Å². The summed E-state index contributed by atoms with van der Waals surface area (Å²) in [4.78, 5) is 35.2. The van der Waals surface area contributed by atoms with Crippen LogP contribution < -0.4 is 0 Å². The highest BCUT2D eigenvalue weighted by atomic mass is 32.2. The summed E-state index contributed by atoms with van der Waals surface area (Å²) in [5.74, 6) is 1.14. The van der Waals surface area contributed by atoms with Gasteiger partial charge in [-0.3, -0.25) is 29.9 Å². The lowest BCUT2D eigenvalue weighted by Crippen LogP contribution is -2.31. The Balaban J connectivity index is 1.37. The SMILES string of the molecule is CC(=O)c1ccc2c(c1)CN(CCCSc1nnc(-c3ccc([N+](=O)[O-])cc3[N+](=O)[O-])n1C)CC2. The van der Waals surface area contributed by atoms with Gasteiger partial charge in [-0.25, -0.2) is 0 Å². The first-order valence-corrected chi connectivity index (χ1v) is 12.0. The minimum Gasteiger partial charge on any atom is -0.305 e. The van der Waals surface area contributed by atoms with Crippen molar-refractivity contribution < 1.29 is 14.6 Å². The average molecular weight is 497 g/mol. The van der Waals surface area contributed by atoms with Crippen molar-refractivity contribution in [2.45, 2.75) is 31.5 Å². The molecule has 0 saturated carbocycles. The average Bonchev–Trinajstić information content (AvgIpc) is 3.20. The van der Waals surface area contributed by atoms with Gasteiger partial charge < -0.3 is 4.57 Å². The van der Waals surface area contributed by atoms with Crippen LogP contribution in [0.2, 0.25) is 0 Å². The van der Waals surface area contributed by atoms with Gasteiger partial charge in [-0.2, -0.15) is 0 Å². The molecular formula is C23H24N6O5S. The number of nitro benzene ring substituents is 2. The van der Waals surface area contributed by atoms with Gasteiger partial charge in [0.1, 0.15) is 0 Å². The van der Waals surface area contributed by atoms with Gasteiger partial charge in [0.05, 0.1) is 21.5 Å². The van der Waals surface area contributed by atoms with E-state index >= 15 is 0 Å². The van der Waals surface area contributed by atoms with E-state index in [-0.39, 0.29) is 28.5 Å². The molecule has 0 aliphatic carbocycles. The summed E-state index contributed by atoms with van der Waals surface area (Å²) in [7, 11) is 1.72. The topological polar surface area (TPSA) is 137 Å². The second-order valence-corrected chi connectivity index (χ2v) is 9.41. The third-order valence-corrected chi connectivity index (χ3v) is 7.13. The Kier molecular flexibility index (Phi) is 7.22. The molecule has 1 aliphatic rings. The molecule has 0 spiro atoms. The highest BCUT2D eigenvalue weighted by Crippen LogP contribution is 2.33. The monoisotopic (exact) mass is 496 g/mol. The predicted octanol–water partition coefficient (Wildman–Crippen LogP) is 4.04. The fourth-order valence-corrected chi connectivity index (χ4v) is 4.96. The molecule has 182 valence electrons. The third-order valence-electron chi connectivity index (χ3n) is 6.02. The van der Waals surface area contributed by atoms with E-state index < -0.39 is 9.85 Å². The summed E-state index contributed by atoms with van der Waals surface area (Å²) in [6.45, 7) is 4.26. The van der Waals surface area contributed by atoms with Crippen LogP contribution in [0.3, 0.4) is 0 Å². The minimum absolute atomic E-state index is 0.0726. The number of nitrogens with zero attached hydrogens (tertiary/aromatic N) is 6. The molecule has 0 bridgehead atoms. The van der Waals surface area contributed by atoms with Crippen molar-refractivity contribution in [3.63, 3.8) is 0 Å². The quantitative estimate of drug-likeness (QED) is 0.141. The summed E-state index contributed by atoms with van der Waals surface area (Å²) < 4.78 is 1.67. The molecular weight excluding hydrogens is 472 g/mol. The van der Waals surface area contributed by atoms with Crippen molar-refractivity contribution in [3.8, 4) is 11.4 Å². The van der Waals surface area contributed by atoms with Crippen LogP contribution in [0, 0.1) is 20.2 Å². The number of hydrogen-bond donors (Lipinski definition) is 0. The maximum absolute atomic E-state index is 11.7. The third kappa shape index (κ3) is 5.38. The van der Waals surface area contributed by atoms with Crippen molar-refractivity contribution in [2.24, 2.45) is 7.05 Å². The van der Waals surface area contributed by atoms with Gasteiger partial charge in [0.15, 0.2) is 16.8 Å². The molecule has 1 aliphatic heterocycles. The normalized spacial score (nSPS) is 13.4. The van der Waals surface area contributed by atoms with Crippen LogP contribution in [0.4, 0.5) is 11.4 Å². The van der Waals surface area contributed by atoms with Crippen molar-refractivity contribution in [3.05, 3.63) is 73.3 Å². The standard InChI is InChI=1S/C23H24N6O5S/c1-15(30)17-5-4-16-8-10-27(14-18(16)12-17)9-3-11-35-23-25-24-22(26(23)2)20-7-6-19(28(31)32)13-21(20)29(33)34/h4-7,12-13H,3,8-11,14H2,1-2H3. The van der Waals surface area contributed by atoms with E-state index in [4.69, 9.17) is 0 Å². The number of benzene rings is 2. The molecule has 35 heavy (non-hydrogen) atoms. The highest BCUT2D eigenvalue weighted by Gasteiger charge is 2.24. The lowest BCUT2D eigenvalue weighted by atomic mass is 9.96. The first kappa shape index (κ1) is 24.5. The fourth-order valence-electron chi connectivity index (χ4n) is 4.13. The number of fused-ring (bicyclic) bond motifs is 1.